The summed E-state index contributed by atoms with van der Waals surface area (Å²) >= 11 is 0. The van der Waals surface area contributed by atoms with Gasteiger partial charge in [-0.3, -0.25) is 20.2 Å². The van der Waals surface area contributed by atoms with Crippen molar-refractivity contribution in [1.29, 1.82) is 0 Å². The SMILES string of the molecule is CCCCCc1ccc(Oc2ccc([N+](=O)[O-])cc2[N+](=O)[O-])c(C2CCCCC2)c1. The van der Waals surface area contributed by atoms with E-state index in [0.717, 1.165) is 37.3 Å². The molecule has 30 heavy (non-hydrogen) atoms. The van der Waals surface area contributed by atoms with E-state index in [0.29, 0.717) is 11.7 Å². The van der Waals surface area contributed by atoms with Gasteiger partial charge >= 0.3 is 5.69 Å². The normalized spacial score (nSPS) is 14.4. The smallest absolute Gasteiger partial charge is 0.318 e. The van der Waals surface area contributed by atoms with E-state index in [9.17, 15) is 20.2 Å². The zero-order chi connectivity index (χ0) is 21.5. The average molecular weight is 412 g/mol. The van der Waals surface area contributed by atoms with Gasteiger partial charge in [0, 0.05) is 6.07 Å². The number of benzene rings is 2. The average Bonchev–Trinajstić information content (AvgIpc) is 2.75. The Bertz CT molecular complexity index is 906. The first-order valence-corrected chi connectivity index (χ1v) is 10.7. The minimum absolute atomic E-state index is 0.0291. The molecule has 0 radical (unpaired) electrons. The van der Waals surface area contributed by atoms with E-state index < -0.39 is 15.5 Å². The molecule has 0 amide bonds. The second kappa shape index (κ2) is 10.2. The second-order valence-electron chi connectivity index (χ2n) is 7.93. The Morgan fingerprint density at radius 3 is 2.33 bits per heavy atom. The van der Waals surface area contributed by atoms with Crippen molar-refractivity contribution < 1.29 is 14.6 Å². The molecule has 1 aliphatic carbocycles. The predicted molar refractivity (Wildman–Crippen MR) is 115 cm³/mol. The fourth-order valence-corrected chi connectivity index (χ4v) is 4.12. The van der Waals surface area contributed by atoms with E-state index in [2.05, 4.69) is 13.0 Å². The number of ether oxygens (including phenoxy) is 1. The summed E-state index contributed by atoms with van der Waals surface area (Å²) in [6, 6.07) is 9.62. The predicted octanol–water partition coefficient (Wildman–Crippen LogP) is 7.08. The lowest BCUT2D eigenvalue weighted by Gasteiger charge is -2.25. The van der Waals surface area contributed by atoms with Gasteiger partial charge in [-0.15, -0.1) is 0 Å². The minimum atomic E-state index is -0.644. The molecule has 0 N–H and O–H groups in total. The summed E-state index contributed by atoms with van der Waals surface area (Å²) in [5.74, 6) is 1.01. The van der Waals surface area contributed by atoms with Crippen LogP contribution >= 0.6 is 0 Å². The Morgan fingerprint density at radius 1 is 0.933 bits per heavy atom. The van der Waals surface area contributed by atoms with Gasteiger partial charge in [0.1, 0.15) is 5.75 Å². The maximum atomic E-state index is 11.5. The summed E-state index contributed by atoms with van der Waals surface area (Å²) < 4.78 is 6.01. The van der Waals surface area contributed by atoms with Gasteiger partial charge in [-0.2, -0.15) is 0 Å². The summed E-state index contributed by atoms with van der Waals surface area (Å²) in [5, 5.41) is 22.5. The quantitative estimate of drug-likeness (QED) is 0.249. The molecule has 1 saturated carbocycles. The van der Waals surface area contributed by atoms with Crippen LogP contribution in [0.15, 0.2) is 36.4 Å². The van der Waals surface area contributed by atoms with Crippen LogP contribution in [0.4, 0.5) is 11.4 Å². The molecule has 0 saturated heterocycles. The Morgan fingerprint density at radius 2 is 1.67 bits per heavy atom. The fraction of sp³-hybridized carbons (Fsp3) is 0.478. The minimum Gasteiger partial charge on any atom is -0.450 e. The van der Waals surface area contributed by atoms with Crippen LogP contribution in [0.1, 0.15) is 75.3 Å². The first-order chi connectivity index (χ1) is 14.5. The van der Waals surface area contributed by atoms with Crippen molar-refractivity contribution in [2.75, 3.05) is 0 Å². The monoisotopic (exact) mass is 412 g/mol. The first-order valence-electron chi connectivity index (χ1n) is 10.7. The van der Waals surface area contributed by atoms with Crippen LogP contribution in [0.3, 0.4) is 0 Å². The van der Waals surface area contributed by atoms with E-state index >= 15 is 0 Å². The number of hydrogen-bond donors (Lipinski definition) is 0. The zero-order valence-corrected chi connectivity index (χ0v) is 17.3. The number of nitro groups is 2. The standard InChI is InChI=1S/C23H28N2O5/c1-2-3-5-8-17-11-13-22(20(15-17)18-9-6-4-7-10-18)30-23-14-12-19(24(26)27)16-21(23)25(28)29/h11-16,18H,2-10H2,1H3. The lowest BCUT2D eigenvalue weighted by atomic mass is 9.83. The molecule has 2 aromatic carbocycles. The van der Waals surface area contributed by atoms with Crippen molar-refractivity contribution in [2.24, 2.45) is 0 Å². The summed E-state index contributed by atoms with van der Waals surface area (Å²) in [6.45, 7) is 2.18. The highest BCUT2D eigenvalue weighted by Crippen LogP contribution is 2.42. The van der Waals surface area contributed by atoms with Gasteiger partial charge in [0.25, 0.3) is 5.69 Å². The largest absolute Gasteiger partial charge is 0.450 e. The molecule has 7 heteroatoms. The van der Waals surface area contributed by atoms with Gasteiger partial charge in [-0.25, -0.2) is 0 Å². The maximum absolute atomic E-state index is 11.5. The molecule has 0 atom stereocenters. The highest BCUT2D eigenvalue weighted by molar-refractivity contribution is 5.55. The van der Waals surface area contributed by atoms with Crippen molar-refractivity contribution in [3.05, 3.63) is 67.8 Å². The van der Waals surface area contributed by atoms with Crippen LogP contribution in [0.25, 0.3) is 0 Å². The van der Waals surface area contributed by atoms with Crippen LogP contribution in [0, 0.1) is 20.2 Å². The van der Waals surface area contributed by atoms with Gasteiger partial charge in [0.15, 0.2) is 0 Å². The van der Waals surface area contributed by atoms with E-state index in [4.69, 9.17) is 4.74 Å². The number of nitrogens with zero attached hydrogens (tertiary/aromatic N) is 2. The molecule has 0 heterocycles. The van der Waals surface area contributed by atoms with E-state index in [1.807, 2.05) is 12.1 Å². The molecule has 0 bridgehead atoms. The third-order valence-corrected chi connectivity index (χ3v) is 5.76. The lowest BCUT2D eigenvalue weighted by molar-refractivity contribution is -0.394. The van der Waals surface area contributed by atoms with Gasteiger partial charge in [-0.05, 0) is 54.9 Å². The molecule has 0 aliphatic heterocycles. The van der Waals surface area contributed by atoms with Crippen LogP contribution in [-0.2, 0) is 6.42 Å². The lowest BCUT2D eigenvalue weighted by Crippen LogP contribution is -2.07. The third-order valence-electron chi connectivity index (χ3n) is 5.76. The number of unbranched alkanes of at least 4 members (excludes halogenated alkanes) is 2. The molecule has 1 fully saturated rings. The molecule has 3 rings (SSSR count). The highest BCUT2D eigenvalue weighted by Gasteiger charge is 2.24. The number of nitro benzene ring substituents is 2. The third kappa shape index (κ3) is 5.34. The van der Waals surface area contributed by atoms with Gasteiger partial charge < -0.3 is 4.74 Å². The highest BCUT2D eigenvalue weighted by atomic mass is 16.6. The van der Waals surface area contributed by atoms with Crippen LogP contribution in [-0.4, -0.2) is 9.85 Å². The summed E-state index contributed by atoms with van der Waals surface area (Å²) in [7, 11) is 0. The molecule has 0 spiro atoms. The van der Waals surface area contributed by atoms with Crippen molar-refractivity contribution in [2.45, 2.75) is 70.6 Å². The molecule has 0 unspecified atom stereocenters. The Hall–Kier alpha value is -2.96. The van der Waals surface area contributed by atoms with Gasteiger partial charge in [-0.1, -0.05) is 51.2 Å². The van der Waals surface area contributed by atoms with Crippen LogP contribution in [0.2, 0.25) is 0 Å². The maximum Gasteiger partial charge on any atom is 0.318 e. The summed E-state index contributed by atoms with van der Waals surface area (Å²) in [6.07, 6.45) is 10.2. The van der Waals surface area contributed by atoms with E-state index in [1.165, 1.54) is 49.8 Å². The first kappa shape index (κ1) is 21.7. The zero-order valence-electron chi connectivity index (χ0n) is 17.3. The molecule has 0 aromatic heterocycles. The topological polar surface area (TPSA) is 95.5 Å². The molecular weight excluding hydrogens is 384 g/mol. The van der Waals surface area contributed by atoms with Gasteiger partial charge in [0.2, 0.25) is 5.75 Å². The van der Waals surface area contributed by atoms with Crippen molar-refractivity contribution in [3.63, 3.8) is 0 Å². The number of rotatable bonds is 9. The van der Waals surface area contributed by atoms with Gasteiger partial charge in [0.05, 0.1) is 15.9 Å². The summed E-state index contributed by atoms with van der Waals surface area (Å²) in [5.41, 5.74) is 1.63. The Kier molecular flexibility index (Phi) is 7.38. The Balaban J connectivity index is 1.94. The van der Waals surface area contributed by atoms with Crippen LogP contribution in [0.5, 0.6) is 11.5 Å². The molecule has 2 aromatic rings. The van der Waals surface area contributed by atoms with E-state index in [1.54, 1.807) is 0 Å². The summed E-state index contributed by atoms with van der Waals surface area (Å²) in [4.78, 5) is 21.2. The van der Waals surface area contributed by atoms with Crippen molar-refractivity contribution in [3.8, 4) is 11.5 Å². The molecular formula is C23H28N2O5. The molecule has 1 aliphatic rings. The Labute approximate surface area is 176 Å². The fourth-order valence-electron chi connectivity index (χ4n) is 4.12. The number of hydrogen-bond acceptors (Lipinski definition) is 5. The molecule has 7 nitrogen and oxygen atoms in total. The van der Waals surface area contributed by atoms with Crippen LogP contribution < -0.4 is 4.74 Å². The number of aryl methyl sites for hydroxylation is 1. The van der Waals surface area contributed by atoms with E-state index in [-0.39, 0.29) is 11.4 Å². The molecule has 160 valence electrons. The second-order valence-corrected chi connectivity index (χ2v) is 7.93. The van der Waals surface area contributed by atoms with Crippen molar-refractivity contribution >= 4 is 11.4 Å². The van der Waals surface area contributed by atoms with Crippen molar-refractivity contribution in [1.82, 2.24) is 0 Å². The number of non-ortho nitro benzene ring substituents is 1.